The van der Waals surface area contributed by atoms with Gasteiger partial charge in [-0.1, -0.05) is 48.5 Å². The van der Waals surface area contributed by atoms with E-state index in [-0.39, 0.29) is 0 Å². The summed E-state index contributed by atoms with van der Waals surface area (Å²) >= 11 is 5.46. The highest BCUT2D eigenvalue weighted by atomic mass is 32.1. The van der Waals surface area contributed by atoms with Crippen molar-refractivity contribution in [2.75, 3.05) is 0 Å². The van der Waals surface area contributed by atoms with Gasteiger partial charge in [-0.15, -0.1) is 0 Å². The predicted octanol–water partition coefficient (Wildman–Crippen LogP) is 5.34. The molecule has 5 aromatic rings. The van der Waals surface area contributed by atoms with Gasteiger partial charge >= 0.3 is 0 Å². The number of para-hydroxylation sites is 1. The van der Waals surface area contributed by atoms with Crippen LogP contribution in [-0.2, 0) is 0 Å². The zero-order valence-corrected chi connectivity index (χ0v) is 17.3. The molecule has 150 valence electrons. The van der Waals surface area contributed by atoms with Crippen LogP contribution in [0.2, 0.25) is 0 Å². The highest BCUT2D eigenvalue weighted by molar-refractivity contribution is 7.71. The fourth-order valence-electron chi connectivity index (χ4n) is 3.28. The first-order valence-corrected chi connectivity index (χ1v) is 10.2. The SMILES string of the molecule is S=c1[nH]c(-c2ccccc2)cn1N=Cc1cn(-c2ccccc2)nc1-c1cccnc1. The lowest BCUT2D eigenvalue weighted by Crippen LogP contribution is -1.94. The normalized spacial score (nSPS) is 11.2. The lowest BCUT2D eigenvalue weighted by molar-refractivity contribution is 0.864. The topological polar surface area (TPSA) is 63.8 Å². The number of rotatable bonds is 5. The molecule has 0 aliphatic carbocycles. The van der Waals surface area contributed by atoms with Crippen LogP contribution in [0.15, 0.2) is 103 Å². The summed E-state index contributed by atoms with van der Waals surface area (Å²) in [4.78, 5) is 7.44. The van der Waals surface area contributed by atoms with Gasteiger partial charge in [0.25, 0.3) is 0 Å². The van der Waals surface area contributed by atoms with Crippen molar-refractivity contribution in [3.05, 3.63) is 108 Å². The van der Waals surface area contributed by atoms with Crippen LogP contribution < -0.4 is 0 Å². The van der Waals surface area contributed by atoms with Gasteiger partial charge in [0.05, 0.1) is 23.8 Å². The number of aromatic amines is 1. The Morgan fingerprint density at radius 1 is 0.871 bits per heavy atom. The van der Waals surface area contributed by atoms with Crippen LogP contribution >= 0.6 is 12.2 Å². The zero-order chi connectivity index (χ0) is 21.0. The summed E-state index contributed by atoms with van der Waals surface area (Å²) in [5.41, 5.74) is 5.51. The Bertz CT molecular complexity index is 1380. The van der Waals surface area contributed by atoms with Crippen LogP contribution in [0.1, 0.15) is 5.56 Å². The number of aromatic nitrogens is 5. The van der Waals surface area contributed by atoms with Crippen molar-refractivity contribution in [1.82, 2.24) is 24.4 Å². The highest BCUT2D eigenvalue weighted by Gasteiger charge is 2.11. The van der Waals surface area contributed by atoms with E-state index in [1.54, 1.807) is 23.3 Å². The zero-order valence-electron chi connectivity index (χ0n) is 16.5. The molecule has 0 atom stereocenters. The van der Waals surface area contributed by atoms with E-state index >= 15 is 0 Å². The minimum Gasteiger partial charge on any atom is -0.329 e. The molecular weight excluding hydrogens is 404 g/mol. The second kappa shape index (κ2) is 8.33. The molecule has 6 nitrogen and oxygen atoms in total. The Balaban J connectivity index is 1.54. The largest absolute Gasteiger partial charge is 0.329 e. The molecule has 0 unspecified atom stereocenters. The third-order valence-corrected chi connectivity index (χ3v) is 5.09. The minimum atomic E-state index is 0.522. The van der Waals surface area contributed by atoms with E-state index in [9.17, 15) is 0 Å². The third kappa shape index (κ3) is 3.99. The van der Waals surface area contributed by atoms with E-state index < -0.39 is 0 Å². The summed E-state index contributed by atoms with van der Waals surface area (Å²) in [7, 11) is 0. The van der Waals surface area contributed by atoms with Gasteiger partial charge < -0.3 is 4.98 Å². The van der Waals surface area contributed by atoms with Gasteiger partial charge in [-0.3, -0.25) is 4.98 Å². The van der Waals surface area contributed by atoms with Crippen molar-refractivity contribution in [3.8, 4) is 28.2 Å². The highest BCUT2D eigenvalue weighted by Crippen LogP contribution is 2.22. The molecule has 5 rings (SSSR count). The number of H-pyrrole nitrogens is 1. The molecule has 0 aliphatic rings. The maximum Gasteiger partial charge on any atom is 0.198 e. The van der Waals surface area contributed by atoms with Gasteiger partial charge in [0.2, 0.25) is 0 Å². The van der Waals surface area contributed by atoms with Gasteiger partial charge in [-0.2, -0.15) is 10.2 Å². The lowest BCUT2D eigenvalue weighted by Gasteiger charge is -1.99. The Hall–Kier alpha value is -4.10. The molecule has 0 spiro atoms. The van der Waals surface area contributed by atoms with Crippen LogP contribution in [0.5, 0.6) is 0 Å². The summed E-state index contributed by atoms with van der Waals surface area (Å²) in [6.07, 6.45) is 9.16. The number of hydrogen-bond donors (Lipinski definition) is 1. The van der Waals surface area contributed by atoms with Gasteiger partial charge in [-0.05, 0) is 42.0 Å². The lowest BCUT2D eigenvalue weighted by atomic mass is 10.1. The van der Waals surface area contributed by atoms with Crippen molar-refractivity contribution in [2.24, 2.45) is 5.10 Å². The molecule has 0 fully saturated rings. The second-order valence-corrected chi connectivity index (χ2v) is 7.27. The molecule has 3 heterocycles. The number of hydrogen-bond acceptors (Lipinski definition) is 4. The molecule has 0 bridgehead atoms. The summed E-state index contributed by atoms with van der Waals surface area (Å²) in [5, 5.41) is 9.38. The van der Waals surface area contributed by atoms with E-state index in [0.717, 1.165) is 33.8 Å². The molecule has 7 heteroatoms. The Labute approximate surface area is 184 Å². The molecule has 2 aromatic carbocycles. The van der Waals surface area contributed by atoms with Crippen molar-refractivity contribution in [1.29, 1.82) is 0 Å². The second-order valence-electron chi connectivity index (χ2n) is 6.88. The van der Waals surface area contributed by atoms with E-state index in [2.05, 4.69) is 15.1 Å². The van der Waals surface area contributed by atoms with Crippen molar-refractivity contribution in [3.63, 3.8) is 0 Å². The molecule has 0 saturated carbocycles. The number of pyridine rings is 1. The van der Waals surface area contributed by atoms with Gasteiger partial charge in [0.1, 0.15) is 5.69 Å². The molecule has 0 radical (unpaired) electrons. The molecule has 0 amide bonds. The summed E-state index contributed by atoms with van der Waals surface area (Å²) in [5.74, 6) is 0. The first kappa shape index (κ1) is 18.9. The van der Waals surface area contributed by atoms with Crippen LogP contribution in [-0.4, -0.2) is 30.6 Å². The number of nitrogens with one attached hydrogen (secondary N) is 1. The summed E-state index contributed by atoms with van der Waals surface area (Å²) in [6.45, 7) is 0. The molecule has 0 aliphatic heterocycles. The fraction of sp³-hybridized carbons (Fsp3) is 0. The van der Waals surface area contributed by atoms with Crippen molar-refractivity contribution < 1.29 is 0 Å². The maximum absolute atomic E-state index is 5.46. The number of benzene rings is 2. The smallest absolute Gasteiger partial charge is 0.198 e. The summed E-state index contributed by atoms with van der Waals surface area (Å²) in [6, 6.07) is 23.9. The summed E-state index contributed by atoms with van der Waals surface area (Å²) < 4.78 is 4.02. The third-order valence-electron chi connectivity index (χ3n) is 4.81. The molecule has 1 N–H and O–H groups in total. The quantitative estimate of drug-likeness (QED) is 0.307. The van der Waals surface area contributed by atoms with Crippen LogP contribution in [0.25, 0.3) is 28.2 Å². The van der Waals surface area contributed by atoms with Gasteiger partial charge in [0, 0.05) is 29.7 Å². The Morgan fingerprint density at radius 3 is 2.35 bits per heavy atom. The Morgan fingerprint density at radius 2 is 1.61 bits per heavy atom. The first-order chi connectivity index (χ1) is 15.3. The number of nitrogens with zero attached hydrogens (tertiary/aromatic N) is 5. The van der Waals surface area contributed by atoms with Crippen molar-refractivity contribution in [2.45, 2.75) is 0 Å². The fourth-order valence-corrected chi connectivity index (χ4v) is 3.49. The molecular formula is C24H18N6S. The molecule has 3 aromatic heterocycles. The number of imidazole rings is 1. The van der Waals surface area contributed by atoms with E-state index in [1.165, 1.54) is 0 Å². The van der Waals surface area contributed by atoms with Crippen LogP contribution in [0, 0.1) is 4.77 Å². The van der Waals surface area contributed by atoms with Crippen molar-refractivity contribution >= 4 is 18.4 Å². The van der Waals surface area contributed by atoms with E-state index in [1.807, 2.05) is 89.9 Å². The maximum atomic E-state index is 5.46. The predicted molar refractivity (Wildman–Crippen MR) is 125 cm³/mol. The monoisotopic (exact) mass is 422 g/mol. The standard InChI is InChI=1S/C24H18N6S/c31-24-27-22(18-8-3-1-4-9-18)17-30(24)26-15-20-16-29(21-11-5-2-6-12-21)28-23(20)19-10-7-13-25-14-19/h1-17H,(H,27,31). The Kier molecular flexibility index (Phi) is 5.08. The van der Waals surface area contributed by atoms with Crippen LogP contribution in [0.4, 0.5) is 0 Å². The van der Waals surface area contributed by atoms with Gasteiger partial charge in [-0.25, -0.2) is 9.36 Å². The first-order valence-electron chi connectivity index (χ1n) is 9.75. The molecule has 31 heavy (non-hydrogen) atoms. The average molecular weight is 423 g/mol. The average Bonchev–Trinajstić information content (AvgIpc) is 3.43. The van der Waals surface area contributed by atoms with E-state index in [0.29, 0.717) is 4.77 Å². The van der Waals surface area contributed by atoms with Crippen LogP contribution in [0.3, 0.4) is 0 Å². The van der Waals surface area contributed by atoms with Gasteiger partial charge in [0.15, 0.2) is 4.77 Å². The van der Waals surface area contributed by atoms with E-state index in [4.69, 9.17) is 17.3 Å². The molecule has 0 saturated heterocycles. The minimum absolute atomic E-state index is 0.522.